The topological polar surface area (TPSA) is 110 Å². The summed E-state index contributed by atoms with van der Waals surface area (Å²) in [5.74, 6) is 0.676. The molecule has 0 spiro atoms. The van der Waals surface area contributed by atoms with E-state index < -0.39 is 0 Å². The molecule has 0 N–H and O–H groups in total. The van der Waals surface area contributed by atoms with Crippen molar-refractivity contribution in [1.29, 1.82) is 0 Å². The highest BCUT2D eigenvalue weighted by atomic mass is 16.5. The molecular weight excluding hydrogens is 438 g/mol. The lowest BCUT2D eigenvalue weighted by Gasteiger charge is -2.53. The van der Waals surface area contributed by atoms with Gasteiger partial charge in [-0.2, -0.15) is 0 Å². The first kappa shape index (κ1) is 23.0. The van der Waals surface area contributed by atoms with Gasteiger partial charge in [0.1, 0.15) is 0 Å². The molecule has 2 atom stereocenters. The van der Waals surface area contributed by atoms with Gasteiger partial charge in [0.05, 0.1) is 12.7 Å². The van der Waals surface area contributed by atoms with E-state index in [9.17, 15) is 0 Å². The summed E-state index contributed by atoms with van der Waals surface area (Å²) in [7, 11) is 0. The van der Waals surface area contributed by atoms with E-state index in [1.807, 2.05) is 0 Å². The van der Waals surface area contributed by atoms with Gasteiger partial charge >= 0.3 is 0 Å². The Balaban J connectivity index is 1.48. The van der Waals surface area contributed by atoms with Crippen molar-refractivity contribution in [3.8, 4) is 0 Å². The van der Waals surface area contributed by atoms with Crippen LogP contribution >= 0.6 is 0 Å². The SMILES string of the molecule is [N-]=[N+]=Nc1cc(CO[C@H]2C3CCN(CC3)[C@H]2C(c2ccccc2)c2ccccc2)cc(N=[N+]=[N-])c1. The summed E-state index contributed by atoms with van der Waals surface area (Å²) in [6, 6.07) is 26.8. The number of fused-ring (bicyclic) bond motifs is 3. The largest absolute Gasteiger partial charge is 0.372 e. The lowest BCUT2D eigenvalue weighted by Crippen LogP contribution is -2.60. The third-order valence-electron chi connectivity index (χ3n) is 7.18. The normalized spacial score (nSPS) is 22.9. The van der Waals surface area contributed by atoms with Crippen LogP contribution in [0.25, 0.3) is 20.9 Å². The summed E-state index contributed by atoms with van der Waals surface area (Å²) in [6.45, 7) is 2.52. The second-order valence-electron chi connectivity index (χ2n) is 9.18. The zero-order chi connectivity index (χ0) is 24.0. The number of hydrogen-bond acceptors (Lipinski definition) is 4. The molecule has 0 radical (unpaired) electrons. The van der Waals surface area contributed by atoms with Gasteiger partial charge in [-0.25, -0.2) is 0 Å². The molecule has 3 aliphatic heterocycles. The fourth-order valence-corrected chi connectivity index (χ4v) is 5.73. The van der Waals surface area contributed by atoms with Crippen molar-refractivity contribution in [2.45, 2.75) is 37.5 Å². The number of ether oxygens (including phenoxy) is 1. The van der Waals surface area contributed by atoms with Gasteiger partial charge in [0.15, 0.2) is 0 Å². The number of rotatable bonds is 8. The molecule has 8 nitrogen and oxygen atoms in total. The van der Waals surface area contributed by atoms with Crippen LogP contribution in [0.5, 0.6) is 0 Å². The molecule has 3 heterocycles. The van der Waals surface area contributed by atoms with E-state index in [0.29, 0.717) is 23.9 Å². The van der Waals surface area contributed by atoms with Crippen LogP contribution in [0.1, 0.15) is 35.4 Å². The molecule has 3 aliphatic rings. The summed E-state index contributed by atoms with van der Waals surface area (Å²) in [6.07, 6.45) is 2.30. The van der Waals surface area contributed by atoms with Crippen molar-refractivity contribution in [3.63, 3.8) is 0 Å². The van der Waals surface area contributed by atoms with Crippen LogP contribution in [-0.2, 0) is 11.3 Å². The molecule has 3 aromatic carbocycles. The molecule has 176 valence electrons. The lowest BCUT2D eigenvalue weighted by atomic mass is 9.72. The van der Waals surface area contributed by atoms with Crippen LogP contribution < -0.4 is 0 Å². The van der Waals surface area contributed by atoms with Crippen LogP contribution in [0.15, 0.2) is 89.1 Å². The predicted molar refractivity (Wildman–Crippen MR) is 135 cm³/mol. The minimum atomic E-state index is 0.0500. The van der Waals surface area contributed by atoms with Gasteiger partial charge in [-0.3, -0.25) is 4.90 Å². The highest BCUT2D eigenvalue weighted by Gasteiger charge is 2.47. The Morgan fingerprint density at radius 3 is 1.89 bits per heavy atom. The quantitative estimate of drug-likeness (QED) is 0.196. The van der Waals surface area contributed by atoms with Crippen LogP contribution in [0.4, 0.5) is 11.4 Å². The summed E-state index contributed by atoms with van der Waals surface area (Å²) in [5, 5.41) is 7.40. The summed E-state index contributed by atoms with van der Waals surface area (Å²) < 4.78 is 6.69. The van der Waals surface area contributed by atoms with Crippen LogP contribution in [0.2, 0.25) is 0 Å². The lowest BCUT2D eigenvalue weighted by molar-refractivity contribution is -0.120. The molecule has 0 saturated carbocycles. The molecule has 6 rings (SSSR count). The average Bonchev–Trinajstić information content (AvgIpc) is 2.90. The first-order chi connectivity index (χ1) is 17.3. The van der Waals surface area contributed by atoms with Gasteiger partial charge in [-0.15, -0.1) is 0 Å². The number of benzene rings is 3. The Hall–Kier alpha value is -3.80. The maximum atomic E-state index is 8.87. The highest BCUT2D eigenvalue weighted by molar-refractivity contribution is 5.53. The number of piperidine rings is 3. The Labute approximate surface area is 204 Å². The summed E-state index contributed by atoms with van der Waals surface area (Å²) in [5.41, 5.74) is 22.0. The van der Waals surface area contributed by atoms with Crippen molar-refractivity contribution in [1.82, 2.24) is 4.90 Å². The highest BCUT2D eigenvalue weighted by Crippen LogP contribution is 2.43. The molecule has 0 amide bonds. The third kappa shape index (κ3) is 5.02. The monoisotopic (exact) mass is 465 g/mol. The number of nitrogens with zero attached hydrogens (tertiary/aromatic N) is 7. The standard InChI is InChI=1S/C27H27N7O/c28-32-30-23-15-19(16-24(17-23)31-33-29)18-35-27-22-11-13-34(14-12-22)26(27)25(20-7-3-1-4-8-20)21-9-5-2-6-10-21/h1-10,15-17,22,25-27H,11-14,18H2/t26-,27-/m0/s1. The minimum Gasteiger partial charge on any atom is -0.372 e. The molecule has 3 saturated heterocycles. The van der Waals surface area contributed by atoms with E-state index in [4.69, 9.17) is 15.8 Å². The van der Waals surface area contributed by atoms with Gasteiger partial charge < -0.3 is 4.74 Å². The smallest absolute Gasteiger partial charge is 0.0773 e. The second-order valence-corrected chi connectivity index (χ2v) is 9.18. The van der Waals surface area contributed by atoms with Gasteiger partial charge in [0.2, 0.25) is 0 Å². The van der Waals surface area contributed by atoms with Gasteiger partial charge in [0.25, 0.3) is 0 Å². The second kappa shape index (κ2) is 10.6. The summed E-state index contributed by atoms with van der Waals surface area (Å²) >= 11 is 0. The molecule has 2 bridgehead atoms. The number of hydrogen-bond donors (Lipinski definition) is 0. The van der Waals surface area contributed by atoms with Crippen molar-refractivity contribution in [2.24, 2.45) is 16.1 Å². The maximum absolute atomic E-state index is 8.87. The van der Waals surface area contributed by atoms with Crippen LogP contribution in [-0.4, -0.2) is 30.1 Å². The zero-order valence-electron chi connectivity index (χ0n) is 19.4. The van der Waals surface area contributed by atoms with Crippen molar-refractivity contribution in [2.75, 3.05) is 13.1 Å². The molecule has 3 aromatic rings. The molecule has 0 aromatic heterocycles. The van der Waals surface area contributed by atoms with Crippen molar-refractivity contribution < 1.29 is 4.74 Å². The Kier molecular flexibility index (Phi) is 6.98. The van der Waals surface area contributed by atoms with Gasteiger partial charge in [0, 0.05) is 33.2 Å². The Bertz CT molecular complexity index is 1170. The molecular formula is C27H27N7O. The van der Waals surface area contributed by atoms with Crippen LogP contribution in [0.3, 0.4) is 0 Å². The minimum absolute atomic E-state index is 0.0500. The van der Waals surface area contributed by atoms with E-state index in [1.54, 1.807) is 18.2 Å². The Morgan fingerprint density at radius 1 is 0.829 bits per heavy atom. The predicted octanol–water partition coefficient (Wildman–Crippen LogP) is 7.38. The summed E-state index contributed by atoms with van der Waals surface area (Å²) in [4.78, 5) is 8.34. The zero-order valence-corrected chi connectivity index (χ0v) is 19.4. The Morgan fingerprint density at radius 2 is 1.37 bits per heavy atom. The first-order valence-electron chi connectivity index (χ1n) is 12.0. The van der Waals surface area contributed by atoms with E-state index in [-0.39, 0.29) is 18.1 Å². The van der Waals surface area contributed by atoms with Gasteiger partial charge in [-0.1, -0.05) is 70.9 Å². The van der Waals surface area contributed by atoms with E-state index in [1.165, 1.54) is 11.1 Å². The van der Waals surface area contributed by atoms with Crippen molar-refractivity contribution in [3.05, 3.63) is 116 Å². The molecule has 35 heavy (non-hydrogen) atoms. The van der Waals surface area contributed by atoms with Crippen molar-refractivity contribution >= 4 is 11.4 Å². The third-order valence-corrected chi connectivity index (χ3v) is 7.18. The maximum Gasteiger partial charge on any atom is 0.0773 e. The van der Waals surface area contributed by atoms with E-state index in [2.05, 4.69) is 85.6 Å². The number of azide groups is 2. The molecule has 8 heteroatoms. The first-order valence-corrected chi connectivity index (χ1v) is 12.0. The molecule has 3 fully saturated rings. The fraction of sp³-hybridized carbons (Fsp3) is 0.333. The molecule has 0 unspecified atom stereocenters. The fourth-order valence-electron chi connectivity index (χ4n) is 5.73. The average molecular weight is 466 g/mol. The van der Waals surface area contributed by atoms with E-state index in [0.717, 1.165) is 31.5 Å². The van der Waals surface area contributed by atoms with Gasteiger partial charge in [-0.05, 0) is 77.8 Å². The van der Waals surface area contributed by atoms with Crippen LogP contribution in [0, 0.1) is 5.92 Å². The molecule has 0 aliphatic carbocycles. The van der Waals surface area contributed by atoms with E-state index >= 15 is 0 Å².